The summed E-state index contributed by atoms with van der Waals surface area (Å²) in [5.74, 6) is 0.275. The summed E-state index contributed by atoms with van der Waals surface area (Å²) in [6.07, 6.45) is 4.35. The fourth-order valence-electron chi connectivity index (χ4n) is 2.19. The molecule has 0 aliphatic heterocycles. The van der Waals surface area contributed by atoms with E-state index in [0.29, 0.717) is 5.76 Å². The predicted octanol–water partition coefficient (Wildman–Crippen LogP) is 1.55. The monoisotopic (exact) mass is 285 g/mol. The van der Waals surface area contributed by atoms with Gasteiger partial charge in [0, 0.05) is 17.8 Å². The molecule has 21 heavy (non-hydrogen) atoms. The number of fused-ring (bicyclic) bond motifs is 1. The molecule has 3 aromatic rings. The molecule has 6 heteroatoms. The largest absolute Gasteiger partial charge is 0.467 e. The third-order valence-electron chi connectivity index (χ3n) is 3.25. The van der Waals surface area contributed by atoms with Crippen molar-refractivity contribution in [3.8, 4) is 0 Å². The normalized spacial score (nSPS) is 12.4. The number of hydrogen-bond acceptors (Lipinski definition) is 4. The number of H-pyrrole nitrogens is 1. The second-order valence-electron chi connectivity index (χ2n) is 4.73. The molecule has 108 valence electrons. The minimum atomic E-state index is -0.839. The van der Waals surface area contributed by atoms with Crippen molar-refractivity contribution in [3.05, 3.63) is 54.2 Å². The Bertz CT molecular complexity index is 734. The molecule has 3 rings (SSSR count). The molecule has 0 aliphatic carbocycles. The third-order valence-corrected chi connectivity index (χ3v) is 3.25. The maximum Gasteiger partial charge on any atom is 0.224 e. The molecule has 0 saturated carbocycles. The van der Waals surface area contributed by atoms with E-state index in [1.54, 1.807) is 24.5 Å². The number of nitrogens with one attached hydrogen (secondary N) is 2. The molecule has 0 aliphatic rings. The van der Waals surface area contributed by atoms with Gasteiger partial charge in [-0.3, -0.25) is 4.79 Å². The minimum Gasteiger partial charge on any atom is -0.467 e. The summed E-state index contributed by atoms with van der Waals surface area (Å²) < 4.78 is 5.08. The summed E-state index contributed by atoms with van der Waals surface area (Å²) in [5.41, 5.74) is 1.64. The molecular weight excluding hydrogens is 270 g/mol. The van der Waals surface area contributed by atoms with Gasteiger partial charge in [0.1, 0.15) is 17.5 Å². The Kier molecular flexibility index (Phi) is 3.70. The zero-order valence-corrected chi connectivity index (χ0v) is 11.2. The molecule has 0 spiro atoms. The Morgan fingerprint density at radius 3 is 3.14 bits per heavy atom. The van der Waals surface area contributed by atoms with Crippen LogP contribution in [0.5, 0.6) is 0 Å². The molecule has 0 fully saturated rings. The fourth-order valence-corrected chi connectivity index (χ4v) is 2.19. The average molecular weight is 285 g/mol. The Labute approximate surface area is 120 Å². The predicted molar refractivity (Wildman–Crippen MR) is 76.5 cm³/mol. The molecule has 3 N–H and O–H groups in total. The lowest BCUT2D eigenvalue weighted by Gasteiger charge is -2.09. The molecule has 1 atom stereocenters. The highest BCUT2D eigenvalue weighted by Crippen LogP contribution is 2.16. The van der Waals surface area contributed by atoms with Crippen molar-refractivity contribution in [1.82, 2.24) is 15.3 Å². The fraction of sp³-hybridized carbons (Fsp3) is 0.200. The van der Waals surface area contributed by atoms with Crippen LogP contribution in [0, 0.1) is 0 Å². The van der Waals surface area contributed by atoms with Gasteiger partial charge in [-0.1, -0.05) is 0 Å². The molecule has 3 heterocycles. The van der Waals surface area contributed by atoms with Gasteiger partial charge in [-0.25, -0.2) is 4.98 Å². The highest BCUT2D eigenvalue weighted by molar-refractivity contribution is 5.87. The third kappa shape index (κ3) is 2.95. The van der Waals surface area contributed by atoms with E-state index in [2.05, 4.69) is 15.3 Å². The molecule has 1 unspecified atom stereocenters. The standard InChI is InChI=1S/C15H15N3O3/c19-12(13-4-2-6-21-13)9-17-14(20)7-10-8-18-15-11(10)3-1-5-16-15/h1-6,8,12,19H,7,9H2,(H,16,18)(H,17,20). The van der Waals surface area contributed by atoms with Crippen LogP contribution in [0.2, 0.25) is 0 Å². The van der Waals surface area contributed by atoms with Gasteiger partial charge >= 0.3 is 0 Å². The van der Waals surface area contributed by atoms with Gasteiger partial charge in [-0.2, -0.15) is 0 Å². The Morgan fingerprint density at radius 1 is 1.43 bits per heavy atom. The van der Waals surface area contributed by atoms with Crippen molar-refractivity contribution >= 4 is 16.9 Å². The molecule has 0 radical (unpaired) electrons. The number of furan rings is 1. The highest BCUT2D eigenvalue weighted by atomic mass is 16.4. The van der Waals surface area contributed by atoms with Gasteiger partial charge in [-0.15, -0.1) is 0 Å². The topological polar surface area (TPSA) is 91.2 Å². The number of rotatable bonds is 5. The summed E-state index contributed by atoms with van der Waals surface area (Å²) in [5, 5.41) is 13.5. The van der Waals surface area contributed by atoms with Gasteiger partial charge in [0.15, 0.2) is 0 Å². The second kappa shape index (κ2) is 5.80. The molecule has 0 aromatic carbocycles. The van der Waals surface area contributed by atoms with Crippen molar-refractivity contribution in [2.45, 2.75) is 12.5 Å². The number of carbonyl (C=O) groups excluding carboxylic acids is 1. The van der Waals surface area contributed by atoms with Crippen LogP contribution in [0.15, 0.2) is 47.3 Å². The van der Waals surface area contributed by atoms with Crippen molar-refractivity contribution in [2.24, 2.45) is 0 Å². The maximum atomic E-state index is 11.9. The number of aromatic amines is 1. The van der Waals surface area contributed by atoms with Crippen LogP contribution in [0.1, 0.15) is 17.4 Å². The Balaban J connectivity index is 1.59. The summed E-state index contributed by atoms with van der Waals surface area (Å²) >= 11 is 0. The molecule has 6 nitrogen and oxygen atoms in total. The summed E-state index contributed by atoms with van der Waals surface area (Å²) in [6.45, 7) is 0.118. The van der Waals surface area contributed by atoms with Crippen LogP contribution >= 0.6 is 0 Å². The van der Waals surface area contributed by atoms with Gasteiger partial charge in [-0.05, 0) is 29.8 Å². The van der Waals surface area contributed by atoms with E-state index in [-0.39, 0.29) is 18.9 Å². The second-order valence-corrected chi connectivity index (χ2v) is 4.73. The lowest BCUT2D eigenvalue weighted by atomic mass is 10.1. The van der Waals surface area contributed by atoms with E-state index < -0.39 is 6.10 Å². The smallest absolute Gasteiger partial charge is 0.224 e. The molecule has 0 saturated heterocycles. The summed E-state index contributed by atoms with van der Waals surface area (Å²) in [6, 6.07) is 7.11. The van der Waals surface area contributed by atoms with Crippen LogP contribution in [-0.4, -0.2) is 27.5 Å². The zero-order valence-electron chi connectivity index (χ0n) is 11.2. The average Bonchev–Trinajstić information content (AvgIpc) is 3.15. The number of aromatic nitrogens is 2. The zero-order chi connectivity index (χ0) is 14.7. The van der Waals surface area contributed by atoms with E-state index >= 15 is 0 Å². The van der Waals surface area contributed by atoms with E-state index in [1.165, 1.54) is 6.26 Å². The first-order valence-corrected chi connectivity index (χ1v) is 6.63. The molecule has 3 aromatic heterocycles. The van der Waals surface area contributed by atoms with Gasteiger partial charge in [0.05, 0.1) is 19.2 Å². The van der Waals surface area contributed by atoms with Crippen molar-refractivity contribution in [1.29, 1.82) is 0 Å². The molecular formula is C15H15N3O3. The lowest BCUT2D eigenvalue weighted by Crippen LogP contribution is -2.29. The first kappa shape index (κ1) is 13.4. The van der Waals surface area contributed by atoms with Gasteiger partial charge in [0.25, 0.3) is 0 Å². The SMILES string of the molecule is O=C(Cc1c[nH]c2ncccc12)NCC(O)c1ccco1. The van der Waals surface area contributed by atoms with Crippen LogP contribution in [-0.2, 0) is 11.2 Å². The van der Waals surface area contributed by atoms with Crippen LogP contribution < -0.4 is 5.32 Å². The number of amides is 1. The first-order valence-electron chi connectivity index (χ1n) is 6.63. The van der Waals surface area contributed by atoms with Crippen molar-refractivity contribution in [2.75, 3.05) is 6.54 Å². The van der Waals surface area contributed by atoms with Crippen molar-refractivity contribution < 1.29 is 14.3 Å². The Hall–Kier alpha value is -2.60. The van der Waals surface area contributed by atoms with E-state index in [1.807, 2.05) is 12.1 Å². The lowest BCUT2D eigenvalue weighted by molar-refractivity contribution is -0.120. The highest BCUT2D eigenvalue weighted by Gasteiger charge is 2.13. The number of carbonyl (C=O) groups is 1. The van der Waals surface area contributed by atoms with Crippen LogP contribution in [0.4, 0.5) is 0 Å². The molecule has 0 bridgehead atoms. The van der Waals surface area contributed by atoms with Gasteiger partial charge in [0.2, 0.25) is 5.91 Å². The molecule has 1 amide bonds. The maximum absolute atomic E-state index is 11.9. The van der Waals surface area contributed by atoms with E-state index in [0.717, 1.165) is 16.6 Å². The number of nitrogens with zero attached hydrogens (tertiary/aromatic N) is 1. The van der Waals surface area contributed by atoms with Crippen LogP contribution in [0.3, 0.4) is 0 Å². The number of aliphatic hydroxyl groups excluding tert-OH is 1. The van der Waals surface area contributed by atoms with E-state index in [4.69, 9.17) is 4.42 Å². The number of pyridine rings is 1. The van der Waals surface area contributed by atoms with E-state index in [9.17, 15) is 9.90 Å². The van der Waals surface area contributed by atoms with Gasteiger partial charge < -0.3 is 19.8 Å². The number of hydrogen-bond donors (Lipinski definition) is 3. The summed E-state index contributed by atoms with van der Waals surface area (Å²) in [7, 11) is 0. The quantitative estimate of drug-likeness (QED) is 0.663. The minimum absolute atomic E-state index is 0.118. The van der Waals surface area contributed by atoms with Crippen LogP contribution in [0.25, 0.3) is 11.0 Å². The summed E-state index contributed by atoms with van der Waals surface area (Å²) in [4.78, 5) is 19.1. The first-order chi connectivity index (χ1) is 10.2. The Morgan fingerprint density at radius 2 is 2.33 bits per heavy atom. The van der Waals surface area contributed by atoms with Crippen molar-refractivity contribution in [3.63, 3.8) is 0 Å². The number of aliphatic hydroxyl groups is 1.